The second-order valence-electron chi connectivity index (χ2n) is 5.69. The van der Waals surface area contributed by atoms with Crippen molar-refractivity contribution in [1.29, 1.82) is 0 Å². The van der Waals surface area contributed by atoms with Gasteiger partial charge < -0.3 is 20.1 Å². The molecule has 146 valence electrons. The molecule has 1 heterocycles. The molecule has 0 aromatic heterocycles. The van der Waals surface area contributed by atoms with E-state index < -0.39 is 11.6 Å². The highest BCUT2D eigenvalue weighted by Gasteiger charge is 2.17. The predicted molar refractivity (Wildman–Crippen MR) is 105 cm³/mol. The maximum absolute atomic E-state index is 13.8. The molecule has 0 saturated carbocycles. The number of halogens is 4. The van der Waals surface area contributed by atoms with Crippen molar-refractivity contribution in [2.75, 3.05) is 13.8 Å². The fourth-order valence-electron chi connectivity index (χ4n) is 2.62. The maximum Gasteiger partial charge on any atom is 0.191 e. The summed E-state index contributed by atoms with van der Waals surface area (Å²) in [6, 6.07) is 6.44. The first-order valence-electron chi connectivity index (χ1n) is 7.97. The van der Waals surface area contributed by atoms with E-state index in [0.717, 1.165) is 12.1 Å². The highest BCUT2D eigenvalue weighted by molar-refractivity contribution is 14.0. The molecule has 0 spiro atoms. The number of fused-ring (bicyclic) bond motifs is 1. The third-order valence-electron chi connectivity index (χ3n) is 3.87. The molecule has 9 heteroatoms. The number of guanidine groups is 1. The number of nitrogens with zero attached hydrogens (tertiary/aromatic N) is 1. The quantitative estimate of drug-likeness (QED) is 0.390. The van der Waals surface area contributed by atoms with Crippen LogP contribution in [-0.4, -0.2) is 19.8 Å². The zero-order chi connectivity index (χ0) is 18.5. The van der Waals surface area contributed by atoms with Gasteiger partial charge in [0, 0.05) is 31.3 Å². The van der Waals surface area contributed by atoms with Gasteiger partial charge in [0.2, 0.25) is 0 Å². The normalized spacial score (nSPS) is 13.3. The Morgan fingerprint density at radius 3 is 2.59 bits per heavy atom. The minimum atomic E-state index is -0.905. The Bertz CT molecular complexity index is 834. The van der Waals surface area contributed by atoms with Crippen LogP contribution in [0.4, 0.5) is 13.2 Å². The lowest BCUT2D eigenvalue weighted by atomic mass is 10.1. The highest BCUT2D eigenvalue weighted by atomic mass is 127. The van der Waals surface area contributed by atoms with E-state index >= 15 is 0 Å². The summed E-state index contributed by atoms with van der Waals surface area (Å²) in [5.74, 6) is -1.14. The summed E-state index contributed by atoms with van der Waals surface area (Å²) in [4.78, 5) is 4.06. The third-order valence-corrected chi connectivity index (χ3v) is 3.87. The van der Waals surface area contributed by atoms with Crippen LogP contribution in [0.2, 0.25) is 0 Å². The molecule has 0 aliphatic carbocycles. The van der Waals surface area contributed by atoms with Crippen LogP contribution in [0.5, 0.6) is 5.75 Å². The number of rotatable bonds is 4. The van der Waals surface area contributed by atoms with E-state index in [9.17, 15) is 13.2 Å². The minimum Gasteiger partial charge on any atom is -0.467 e. The summed E-state index contributed by atoms with van der Waals surface area (Å²) in [6.45, 7) is 0.942. The first kappa shape index (κ1) is 21.3. The molecular weight excluding hydrogens is 474 g/mol. The van der Waals surface area contributed by atoms with Crippen LogP contribution in [-0.2, 0) is 24.4 Å². The second-order valence-corrected chi connectivity index (χ2v) is 5.69. The van der Waals surface area contributed by atoms with E-state index in [0.29, 0.717) is 35.0 Å². The van der Waals surface area contributed by atoms with E-state index in [2.05, 4.69) is 15.6 Å². The van der Waals surface area contributed by atoms with Gasteiger partial charge in [-0.1, -0.05) is 6.07 Å². The first-order chi connectivity index (χ1) is 12.6. The van der Waals surface area contributed by atoms with Gasteiger partial charge >= 0.3 is 0 Å². The van der Waals surface area contributed by atoms with E-state index in [1.165, 1.54) is 18.2 Å². The average molecular weight is 493 g/mol. The molecule has 2 N–H and O–H groups in total. The van der Waals surface area contributed by atoms with Crippen molar-refractivity contribution in [1.82, 2.24) is 10.6 Å². The molecule has 3 rings (SSSR count). The Hall–Kier alpha value is -2.01. The van der Waals surface area contributed by atoms with Gasteiger partial charge in [-0.05, 0) is 29.8 Å². The minimum absolute atomic E-state index is 0. The molecule has 0 saturated heterocycles. The van der Waals surface area contributed by atoms with Crippen molar-refractivity contribution in [2.24, 2.45) is 4.99 Å². The molecule has 2 aromatic carbocycles. The van der Waals surface area contributed by atoms with Crippen LogP contribution < -0.4 is 15.4 Å². The molecule has 1 aliphatic rings. The molecule has 27 heavy (non-hydrogen) atoms. The Kier molecular flexibility index (Phi) is 7.72. The van der Waals surface area contributed by atoms with Crippen LogP contribution in [0.15, 0.2) is 35.3 Å². The van der Waals surface area contributed by atoms with Crippen molar-refractivity contribution in [3.8, 4) is 5.75 Å². The van der Waals surface area contributed by atoms with Crippen molar-refractivity contribution in [3.63, 3.8) is 0 Å². The van der Waals surface area contributed by atoms with E-state index in [1.54, 1.807) is 7.05 Å². The van der Waals surface area contributed by atoms with Gasteiger partial charge in [0.15, 0.2) is 24.4 Å². The third kappa shape index (κ3) is 5.48. The van der Waals surface area contributed by atoms with Gasteiger partial charge in [-0.25, -0.2) is 13.2 Å². The molecule has 0 radical (unpaired) electrons. The first-order valence-corrected chi connectivity index (χ1v) is 7.97. The lowest BCUT2D eigenvalue weighted by Gasteiger charge is -2.21. The smallest absolute Gasteiger partial charge is 0.191 e. The van der Waals surface area contributed by atoms with Gasteiger partial charge in [0.05, 0.1) is 6.61 Å². The number of ether oxygens (including phenoxy) is 2. The van der Waals surface area contributed by atoms with E-state index in [4.69, 9.17) is 9.47 Å². The molecular formula is C18H19F3IN3O2. The Morgan fingerprint density at radius 1 is 1.07 bits per heavy atom. The zero-order valence-electron chi connectivity index (χ0n) is 14.5. The van der Waals surface area contributed by atoms with Crippen molar-refractivity contribution < 1.29 is 22.6 Å². The zero-order valence-corrected chi connectivity index (χ0v) is 16.9. The fourth-order valence-corrected chi connectivity index (χ4v) is 2.62. The van der Waals surface area contributed by atoms with Crippen LogP contribution in [0.25, 0.3) is 0 Å². The number of nitrogens with one attached hydrogen (secondary N) is 2. The van der Waals surface area contributed by atoms with Crippen LogP contribution in [0.3, 0.4) is 0 Å². The largest absolute Gasteiger partial charge is 0.467 e. The van der Waals surface area contributed by atoms with Gasteiger partial charge in [0.25, 0.3) is 0 Å². The second kappa shape index (κ2) is 9.79. The summed E-state index contributed by atoms with van der Waals surface area (Å²) in [5, 5.41) is 6.03. The van der Waals surface area contributed by atoms with Gasteiger partial charge in [-0.3, -0.25) is 4.99 Å². The number of hydrogen-bond acceptors (Lipinski definition) is 3. The standard InChI is InChI=1S/C18H18F3N3O2.HI/c1-22-18(23-7-11-2-3-15(20)16(21)4-11)24-8-12-5-14(19)6-13-9-25-10-26-17(12)13;/h2-6H,7-10H2,1H3,(H2,22,23,24);1H. The summed E-state index contributed by atoms with van der Waals surface area (Å²) in [6.07, 6.45) is 0. The summed E-state index contributed by atoms with van der Waals surface area (Å²) < 4.78 is 50.6. The summed E-state index contributed by atoms with van der Waals surface area (Å²) in [5.41, 5.74) is 1.85. The molecule has 0 bridgehead atoms. The molecule has 0 atom stereocenters. The van der Waals surface area contributed by atoms with Crippen molar-refractivity contribution in [2.45, 2.75) is 19.7 Å². The fraction of sp³-hybridized carbons (Fsp3) is 0.278. The van der Waals surface area contributed by atoms with Gasteiger partial charge in [0.1, 0.15) is 11.6 Å². The SMILES string of the molecule is CN=C(NCc1ccc(F)c(F)c1)NCc1cc(F)cc2c1OCOC2.I. The summed E-state index contributed by atoms with van der Waals surface area (Å²) >= 11 is 0. The Labute approximate surface area is 172 Å². The summed E-state index contributed by atoms with van der Waals surface area (Å²) in [7, 11) is 1.58. The van der Waals surface area contributed by atoms with Crippen molar-refractivity contribution >= 4 is 29.9 Å². The van der Waals surface area contributed by atoms with Crippen LogP contribution in [0.1, 0.15) is 16.7 Å². The lowest BCUT2D eigenvalue weighted by molar-refractivity contribution is -0.0172. The Morgan fingerprint density at radius 2 is 1.85 bits per heavy atom. The number of hydrogen-bond donors (Lipinski definition) is 2. The molecule has 1 aliphatic heterocycles. The monoisotopic (exact) mass is 493 g/mol. The van der Waals surface area contributed by atoms with Gasteiger partial charge in [-0.15, -0.1) is 24.0 Å². The van der Waals surface area contributed by atoms with E-state index in [-0.39, 0.29) is 49.7 Å². The average Bonchev–Trinajstić information content (AvgIpc) is 2.64. The van der Waals surface area contributed by atoms with Crippen LogP contribution in [0, 0.1) is 17.5 Å². The number of aliphatic imine (C=N–C) groups is 1. The highest BCUT2D eigenvalue weighted by Crippen LogP contribution is 2.29. The molecule has 5 nitrogen and oxygen atoms in total. The predicted octanol–water partition coefficient (Wildman–Crippen LogP) is 3.45. The topological polar surface area (TPSA) is 54.9 Å². The molecule has 0 unspecified atom stereocenters. The lowest BCUT2D eigenvalue weighted by Crippen LogP contribution is -2.36. The van der Waals surface area contributed by atoms with Crippen LogP contribution >= 0.6 is 24.0 Å². The molecule has 0 amide bonds. The number of benzene rings is 2. The molecule has 0 fully saturated rings. The Balaban J connectivity index is 0.00000261. The van der Waals surface area contributed by atoms with E-state index in [1.807, 2.05) is 0 Å². The van der Waals surface area contributed by atoms with Gasteiger partial charge in [-0.2, -0.15) is 0 Å². The molecule has 2 aromatic rings. The van der Waals surface area contributed by atoms with Crippen molar-refractivity contribution in [3.05, 3.63) is 64.5 Å². The maximum atomic E-state index is 13.8.